The average Bonchev–Trinajstić information content (AvgIpc) is 2.78. The molecule has 0 atom stereocenters. The number of nitrogen functional groups attached to an aromatic ring is 1. The Balaban J connectivity index is 2.27. The van der Waals surface area contributed by atoms with E-state index in [-0.39, 0.29) is 5.91 Å². The summed E-state index contributed by atoms with van der Waals surface area (Å²) in [6, 6.07) is 9.00. The molecule has 0 bridgehead atoms. The minimum Gasteiger partial charge on any atom is -0.399 e. The molecule has 3 N–H and O–H groups in total. The fraction of sp³-hybridized carbons (Fsp3) is 0.167. The van der Waals surface area contributed by atoms with Gasteiger partial charge in [0, 0.05) is 18.4 Å². The summed E-state index contributed by atoms with van der Waals surface area (Å²) in [5, 5.41) is 6.89. The first-order chi connectivity index (χ1) is 8.20. The highest BCUT2D eigenvalue weighted by molar-refractivity contribution is 5.92. The van der Waals surface area contributed by atoms with Crippen molar-refractivity contribution in [2.75, 3.05) is 12.3 Å². The lowest BCUT2D eigenvalue weighted by Crippen LogP contribution is -2.23. The predicted molar refractivity (Wildman–Crippen MR) is 66.0 cm³/mol. The van der Waals surface area contributed by atoms with E-state index >= 15 is 0 Å². The first-order valence-electron chi connectivity index (χ1n) is 5.40. The van der Waals surface area contributed by atoms with Crippen molar-refractivity contribution in [2.24, 2.45) is 0 Å². The fourth-order valence-electron chi connectivity index (χ4n) is 1.51. The molecule has 0 aliphatic carbocycles. The van der Waals surface area contributed by atoms with E-state index in [1.54, 1.807) is 29.1 Å². The van der Waals surface area contributed by atoms with Crippen molar-refractivity contribution in [3.63, 3.8) is 0 Å². The summed E-state index contributed by atoms with van der Waals surface area (Å²) in [4.78, 5) is 11.5. The molecule has 0 unspecified atom stereocenters. The Bertz CT molecular complexity index is 533. The number of aromatic nitrogens is 2. The normalized spacial score (nSPS) is 10.2. The molecular formula is C12H14N4O. The molecule has 1 aromatic carbocycles. The van der Waals surface area contributed by atoms with E-state index in [4.69, 9.17) is 5.73 Å². The van der Waals surface area contributed by atoms with Gasteiger partial charge in [0.05, 0.1) is 5.69 Å². The standard InChI is InChI=1S/C12H14N4O/c1-2-14-12(17)11-6-7-16(15-11)10-5-3-4-9(13)8-10/h3-8H,2,13H2,1H3,(H,14,17). The number of hydrogen-bond acceptors (Lipinski definition) is 3. The van der Waals surface area contributed by atoms with Crippen LogP contribution in [0.4, 0.5) is 5.69 Å². The van der Waals surface area contributed by atoms with Crippen LogP contribution in [0.5, 0.6) is 0 Å². The summed E-state index contributed by atoms with van der Waals surface area (Å²) in [5.41, 5.74) is 7.59. The zero-order valence-corrected chi connectivity index (χ0v) is 9.55. The minimum atomic E-state index is -0.171. The van der Waals surface area contributed by atoms with Crippen LogP contribution in [0.1, 0.15) is 17.4 Å². The number of nitrogens with zero attached hydrogens (tertiary/aromatic N) is 2. The van der Waals surface area contributed by atoms with Crippen molar-refractivity contribution in [1.29, 1.82) is 0 Å². The number of hydrogen-bond donors (Lipinski definition) is 2. The highest BCUT2D eigenvalue weighted by Crippen LogP contribution is 2.11. The summed E-state index contributed by atoms with van der Waals surface area (Å²) in [6.45, 7) is 2.46. The van der Waals surface area contributed by atoms with Crippen LogP contribution in [0, 0.1) is 0 Å². The van der Waals surface area contributed by atoms with Gasteiger partial charge in [-0.3, -0.25) is 4.79 Å². The molecule has 1 aromatic heterocycles. The predicted octanol–water partition coefficient (Wildman–Crippen LogP) is 1.20. The quantitative estimate of drug-likeness (QED) is 0.778. The number of nitrogens with one attached hydrogen (secondary N) is 1. The third kappa shape index (κ3) is 2.44. The summed E-state index contributed by atoms with van der Waals surface area (Å²) in [7, 11) is 0. The van der Waals surface area contributed by atoms with Crippen LogP contribution < -0.4 is 11.1 Å². The maximum absolute atomic E-state index is 11.5. The number of carbonyl (C=O) groups excluding carboxylic acids is 1. The van der Waals surface area contributed by atoms with Crippen molar-refractivity contribution < 1.29 is 4.79 Å². The van der Waals surface area contributed by atoms with Gasteiger partial charge in [-0.25, -0.2) is 4.68 Å². The van der Waals surface area contributed by atoms with Crippen molar-refractivity contribution >= 4 is 11.6 Å². The molecule has 0 spiro atoms. The molecule has 0 aliphatic rings. The molecule has 0 saturated carbocycles. The summed E-state index contributed by atoms with van der Waals surface area (Å²) >= 11 is 0. The van der Waals surface area contributed by atoms with Crippen molar-refractivity contribution in [1.82, 2.24) is 15.1 Å². The zero-order valence-electron chi connectivity index (χ0n) is 9.55. The lowest BCUT2D eigenvalue weighted by molar-refractivity contribution is 0.0950. The zero-order chi connectivity index (χ0) is 12.3. The first-order valence-corrected chi connectivity index (χ1v) is 5.40. The van der Waals surface area contributed by atoms with Crippen LogP contribution in [0.25, 0.3) is 5.69 Å². The van der Waals surface area contributed by atoms with Gasteiger partial charge in [0.2, 0.25) is 0 Å². The molecule has 5 nitrogen and oxygen atoms in total. The lowest BCUT2D eigenvalue weighted by Gasteiger charge is -2.02. The van der Waals surface area contributed by atoms with Gasteiger partial charge in [0.1, 0.15) is 0 Å². The van der Waals surface area contributed by atoms with E-state index in [1.807, 2.05) is 19.1 Å². The van der Waals surface area contributed by atoms with Crippen molar-refractivity contribution in [3.05, 3.63) is 42.2 Å². The SMILES string of the molecule is CCNC(=O)c1ccn(-c2cccc(N)c2)n1. The second kappa shape index (κ2) is 4.69. The number of rotatable bonds is 3. The molecule has 2 rings (SSSR count). The maximum Gasteiger partial charge on any atom is 0.271 e. The fourth-order valence-corrected chi connectivity index (χ4v) is 1.51. The molecule has 1 heterocycles. The molecule has 2 aromatic rings. The van der Waals surface area contributed by atoms with E-state index in [1.165, 1.54) is 0 Å². The Morgan fingerprint density at radius 2 is 2.29 bits per heavy atom. The van der Waals surface area contributed by atoms with E-state index in [0.717, 1.165) is 5.69 Å². The Labute approximate surface area is 99.2 Å². The van der Waals surface area contributed by atoms with E-state index in [0.29, 0.717) is 17.9 Å². The summed E-state index contributed by atoms with van der Waals surface area (Å²) < 4.78 is 1.63. The van der Waals surface area contributed by atoms with Gasteiger partial charge in [-0.15, -0.1) is 0 Å². The molecule has 0 fully saturated rings. The van der Waals surface area contributed by atoms with Crippen molar-refractivity contribution in [2.45, 2.75) is 6.92 Å². The third-order valence-corrected chi connectivity index (χ3v) is 2.29. The van der Waals surface area contributed by atoms with E-state index < -0.39 is 0 Å². The van der Waals surface area contributed by atoms with Gasteiger partial charge in [-0.05, 0) is 31.2 Å². The Morgan fingerprint density at radius 3 is 3.00 bits per heavy atom. The Morgan fingerprint density at radius 1 is 1.47 bits per heavy atom. The van der Waals surface area contributed by atoms with Crippen LogP contribution >= 0.6 is 0 Å². The van der Waals surface area contributed by atoms with Gasteiger partial charge in [0.15, 0.2) is 5.69 Å². The van der Waals surface area contributed by atoms with Gasteiger partial charge < -0.3 is 11.1 Å². The van der Waals surface area contributed by atoms with E-state index in [9.17, 15) is 4.79 Å². The molecule has 0 radical (unpaired) electrons. The Hall–Kier alpha value is -2.30. The van der Waals surface area contributed by atoms with Gasteiger partial charge in [0.25, 0.3) is 5.91 Å². The molecular weight excluding hydrogens is 216 g/mol. The van der Waals surface area contributed by atoms with Gasteiger partial charge in [-0.2, -0.15) is 5.10 Å². The van der Waals surface area contributed by atoms with E-state index in [2.05, 4.69) is 10.4 Å². The number of nitrogens with two attached hydrogens (primary N) is 1. The summed E-state index contributed by atoms with van der Waals surface area (Å²) in [6.07, 6.45) is 1.74. The first kappa shape index (κ1) is 11.2. The van der Waals surface area contributed by atoms with Crippen LogP contribution in [0.15, 0.2) is 36.5 Å². The highest BCUT2D eigenvalue weighted by atomic mass is 16.1. The summed E-state index contributed by atoms with van der Waals surface area (Å²) in [5.74, 6) is -0.171. The van der Waals surface area contributed by atoms with Crippen LogP contribution in [-0.2, 0) is 0 Å². The number of anilines is 1. The molecule has 5 heteroatoms. The second-order valence-electron chi connectivity index (χ2n) is 3.60. The third-order valence-electron chi connectivity index (χ3n) is 2.29. The molecule has 0 saturated heterocycles. The Kier molecular flexibility index (Phi) is 3.09. The monoisotopic (exact) mass is 230 g/mol. The van der Waals surface area contributed by atoms with Crippen LogP contribution in [-0.4, -0.2) is 22.2 Å². The smallest absolute Gasteiger partial charge is 0.271 e. The number of carbonyl (C=O) groups is 1. The molecule has 88 valence electrons. The number of amides is 1. The molecule has 17 heavy (non-hydrogen) atoms. The minimum absolute atomic E-state index is 0.171. The maximum atomic E-state index is 11.5. The van der Waals surface area contributed by atoms with Crippen LogP contribution in [0.3, 0.4) is 0 Å². The molecule has 1 amide bonds. The highest BCUT2D eigenvalue weighted by Gasteiger charge is 2.08. The lowest BCUT2D eigenvalue weighted by atomic mass is 10.3. The van der Waals surface area contributed by atoms with Crippen molar-refractivity contribution in [3.8, 4) is 5.69 Å². The van der Waals surface area contributed by atoms with Gasteiger partial charge in [-0.1, -0.05) is 6.07 Å². The second-order valence-corrected chi connectivity index (χ2v) is 3.60. The average molecular weight is 230 g/mol. The largest absolute Gasteiger partial charge is 0.399 e. The number of benzene rings is 1. The van der Waals surface area contributed by atoms with Gasteiger partial charge >= 0.3 is 0 Å². The molecule has 0 aliphatic heterocycles. The topological polar surface area (TPSA) is 72.9 Å². The van der Waals surface area contributed by atoms with Crippen LogP contribution in [0.2, 0.25) is 0 Å².